The quantitative estimate of drug-likeness (QED) is 0.0282. The highest BCUT2D eigenvalue weighted by Gasteiger charge is 2.30. The summed E-state index contributed by atoms with van der Waals surface area (Å²) in [5.74, 6) is -1.79. The molecule has 1 aliphatic rings. The maximum Gasteiger partial charge on any atom is 0.407 e. The predicted molar refractivity (Wildman–Crippen MR) is 272 cm³/mol. The van der Waals surface area contributed by atoms with Gasteiger partial charge in [-0.1, -0.05) is 48.5 Å². The zero-order chi connectivity index (χ0) is 52.0. The van der Waals surface area contributed by atoms with Crippen LogP contribution in [0.5, 0.6) is 5.75 Å². The van der Waals surface area contributed by atoms with Crippen molar-refractivity contribution in [3.05, 3.63) is 107 Å². The molecule has 21 heteroatoms. The summed E-state index contributed by atoms with van der Waals surface area (Å²) in [7, 11) is 1.45. The van der Waals surface area contributed by atoms with E-state index in [4.69, 9.17) is 33.2 Å². The van der Waals surface area contributed by atoms with Gasteiger partial charge in [-0.3, -0.25) is 28.4 Å². The lowest BCUT2D eigenvalue weighted by Crippen LogP contribution is -2.48. The summed E-state index contributed by atoms with van der Waals surface area (Å²) >= 11 is 1.41. The average Bonchev–Trinajstić information content (AvgIpc) is 4.08. The van der Waals surface area contributed by atoms with Gasteiger partial charge in [0.25, 0.3) is 11.8 Å². The lowest BCUT2D eigenvalue weighted by atomic mass is 9.98. The van der Waals surface area contributed by atoms with Crippen molar-refractivity contribution in [1.82, 2.24) is 30.7 Å². The molecule has 0 saturated carbocycles. The number of hydrogen-bond acceptors (Lipinski definition) is 15. The number of imidazole rings is 1. The van der Waals surface area contributed by atoms with Crippen LogP contribution in [0, 0.1) is 0 Å². The molecule has 5 aromatic rings. The minimum absolute atomic E-state index is 0.00693. The molecule has 0 fully saturated rings. The molecule has 5 N–H and O–H groups in total. The second-order valence-electron chi connectivity index (χ2n) is 17.7. The normalized spacial score (nSPS) is 12.3. The van der Waals surface area contributed by atoms with E-state index in [1.54, 1.807) is 43.5 Å². The van der Waals surface area contributed by atoms with Gasteiger partial charge in [0.1, 0.15) is 29.7 Å². The molecule has 73 heavy (non-hydrogen) atoms. The largest absolute Gasteiger partial charge is 0.496 e. The number of methoxy groups -OCH3 is 1. The van der Waals surface area contributed by atoms with Crippen LogP contribution in [0.15, 0.2) is 84.5 Å². The topological polar surface area (TPSA) is 244 Å². The Morgan fingerprint density at radius 2 is 1.37 bits per heavy atom. The number of rotatable bonds is 30. The van der Waals surface area contributed by atoms with Crippen LogP contribution in [-0.2, 0) is 42.8 Å². The first kappa shape index (κ1) is 55.4. The fourth-order valence-electron chi connectivity index (χ4n) is 7.73. The third-order valence-corrected chi connectivity index (χ3v) is 11.9. The van der Waals surface area contributed by atoms with Crippen molar-refractivity contribution in [1.29, 1.82) is 0 Å². The Morgan fingerprint density at radius 1 is 0.740 bits per heavy atom. The second kappa shape index (κ2) is 28.4. The molecule has 6 rings (SSSR count). The predicted octanol–water partition coefficient (Wildman–Crippen LogP) is 5.49. The van der Waals surface area contributed by atoms with E-state index in [1.165, 1.54) is 24.5 Å². The van der Waals surface area contributed by atoms with E-state index in [2.05, 4.69) is 31.6 Å². The number of alkyl carbamates (subject to hydrolysis) is 1. The second-order valence-corrected chi connectivity index (χ2v) is 18.6. The number of thiazole rings is 1. The van der Waals surface area contributed by atoms with Crippen LogP contribution in [0.4, 0.5) is 10.5 Å². The molecule has 0 saturated heterocycles. The molecule has 0 radical (unpaired) electrons. The van der Waals surface area contributed by atoms with Crippen LogP contribution < -0.4 is 31.3 Å². The number of nitrogens with zero attached hydrogens (tertiary/aromatic N) is 2. The summed E-state index contributed by atoms with van der Waals surface area (Å²) in [6.45, 7) is 8.48. The molecule has 2 heterocycles. The molecule has 1 aliphatic carbocycles. The van der Waals surface area contributed by atoms with Gasteiger partial charge in [0.05, 0.1) is 65.5 Å². The maximum atomic E-state index is 13.2. The van der Waals surface area contributed by atoms with Crippen molar-refractivity contribution in [2.45, 2.75) is 64.0 Å². The first-order chi connectivity index (χ1) is 35.3. The van der Waals surface area contributed by atoms with Gasteiger partial charge in [-0.05, 0) is 74.1 Å². The molecular weight excluding hydrogens is 963 g/mol. The molecule has 20 nitrogen and oxygen atoms in total. The van der Waals surface area contributed by atoms with Crippen molar-refractivity contribution >= 4 is 57.7 Å². The highest BCUT2D eigenvalue weighted by molar-refractivity contribution is 7.15. The van der Waals surface area contributed by atoms with E-state index in [0.717, 1.165) is 22.3 Å². The Balaban J connectivity index is 0.755. The number of esters is 1. The highest BCUT2D eigenvalue weighted by atomic mass is 32.1. The number of carbonyl (C=O) groups excluding carboxylic acids is 6. The van der Waals surface area contributed by atoms with Gasteiger partial charge >= 0.3 is 12.1 Å². The van der Waals surface area contributed by atoms with Gasteiger partial charge < -0.3 is 59.7 Å². The molecule has 0 aliphatic heterocycles. The summed E-state index contributed by atoms with van der Waals surface area (Å²) in [6.07, 6.45) is 3.19. The zero-order valence-corrected chi connectivity index (χ0v) is 42.5. The maximum absolute atomic E-state index is 13.2. The molecule has 3 aromatic carbocycles. The number of hydrogen-bond donors (Lipinski definition) is 5. The Bertz CT molecular complexity index is 2560. The third kappa shape index (κ3) is 17.7. The summed E-state index contributed by atoms with van der Waals surface area (Å²) < 4.78 is 40.4. The number of anilines is 1. The van der Waals surface area contributed by atoms with Gasteiger partial charge in [-0.25, -0.2) is 9.78 Å². The summed E-state index contributed by atoms with van der Waals surface area (Å²) in [4.78, 5) is 81.8. The molecule has 0 spiro atoms. The fraction of sp³-hybridized carbons (Fsp3) is 0.442. The first-order valence-electron chi connectivity index (χ1n) is 24.2. The number of amides is 5. The molecule has 0 bridgehead atoms. The smallest absolute Gasteiger partial charge is 0.407 e. The van der Waals surface area contributed by atoms with Crippen LogP contribution in [0.2, 0.25) is 0 Å². The minimum Gasteiger partial charge on any atom is -0.496 e. The number of aromatic nitrogens is 2. The fourth-order valence-corrected chi connectivity index (χ4v) is 8.43. The lowest BCUT2D eigenvalue weighted by molar-refractivity contribution is -0.155. The molecule has 2 aromatic heterocycles. The Labute approximate surface area is 428 Å². The number of ether oxygens (including phenoxy) is 7. The SMILES string of the molecule is COc1ccc(NC(=O)c2cn3ccsc3n2)cc1C(=O)NCCCC(=O)NCCOCCOCCOCCOCCNC(=O)[C@@H](CCC(=O)OC(C)(C)C)NC(=O)OCC1c2ccccc2-c2ccccc21. The van der Waals surface area contributed by atoms with Crippen LogP contribution in [0.25, 0.3) is 16.1 Å². The van der Waals surface area contributed by atoms with E-state index >= 15 is 0 Å². The number of benzene rings is 3. The first-order valence-corrected chi connectivity index (χ1v) is 25.1. The van der Waals surface area contributed by atoms with Crippen molar-refractivity contribution < 1.29 is 61.9 Å². The van der Waals surface area contributed by atoms with E-state index in [0.29, 0.717) is 69.0 Å². The summed E-state index contributed by atoms with van der Waals surface area (Å²) in [5.41, 5.74) is 4.51. The van der Waals surface area contributed by atoms with Crippen molar-refractivity contribution in [3.8, 4) is 16.9 Å². The highest BCUT2D eigenvalue weighted by Crippen LogP contribution is 2.44. The monoisotopic (exact) mass is 1030 g/mol. The van der Waals surface area contributed by atoms with Crippen LogP contribution >= 0.6 is 11.3 Å². The van der Waals surface area contributed by atoms with Gasteiger partial charge in [-0.2, -0.15) is 0 Å². The molecule has 392 valence electrons. The van der Waals surface area contributed by atoms with E-state index in [9.17, 15) is 28.8 Å². The lowest BCUT2D eigenvalue weighted by Gasteiger charge is -2.22. The van der Waals surface area contributed by atoms with E-state index < -0.39 is 41.4 Å². The molecule has 1 atom stereocenters. The van der Waals surface area contributed by atoms with Crippen molar-refractivity contribution in [3.63, 3.8) is 0 Å². The third-order valence-electron chi connectivity index (χ3n) is 11.1. The standard InChI is InChI=1S/C52H65N7O13S/c1-52(2,3)72-46(61)18-16-42(58-51(65)71-34-41-38-12-7-5-10-36(38)37-11-6-8-13-39(37)41)48(63)55-21-24-68-26-28-70-30-29-69-27-25-67-23-20-53-45(60)14-9-19-54-47(62)40-32-35(15-17-44(40)66-4)56-49(64)43-33-59-22-31-73-50(59)57-43/h5-8,10-13,15,17,22,31-33,41-42H,9,14,16,18-21,23-30,34H2,1-4H3,(H,53,60)(H,54,62)(H,55,63)(H,56,64)(H,58,65)/t42-/m1/s1. The van der Waals surface area contributed by atoms with Crippen LogP contribution in [-0.4, -0.2) is 143 Å². The molecule has 0 unspecified atom stereocenters. The molecular formula is C52H65N7O13S. The van der Waals surface area contributed by atoms with Crippen LogP contribution in [0.3, 0.4) is 0 Å². The Kier molecular flexibility index (Phi) is 21.5. The van der Waals surface area contributed by atoms with Gasteiger partial charge in [0.15, 0.2) is 4.96 Å². The average molecular weight is 1030 g/mol. The van der Waals surface area contributed by atoms with Gasteiger partial charge in [-0.15, -0.1) is 11.3 Å². The Morgan fingerprint density at radius 3 is 2.00 bits per heavy atom. The number of carbonyl (C=O) groups is 6. The summed E-state index contributed by atoms with van der Waals surface area (Å²) in [5, 5.41) is 15.6. The van der Waals surface area contributed by atoms with Crippen LogP contribution in [0.1, 0.15) is 84.3 Å². The minimum atomic E-state index is -1.05. The van der Waals surface area contributed by atoms with E-state index in [-0.39, 0.29) is 75.3 Å². The zero-order valence-electron chi connectivity index (χ0n) is 41.7. The van der Waals surface area contributed by atoms with Gasteiger partial charge in [0, 0.05) is 61.9 Å². The van der Waals surface area contributed by atoms with Gasteiger partial charge in [0.2, 0.25) is 11.8 Å². The molecule has 5 amide bonds. The van der Waals surface area contributed by atoms with E-state index in [1.807, 2.05) is 60.1 Å². The number of fused-ring (bicyclic) bond motifs is 4. The van der Waals surface area contributed by atoms with Crippen molar-refractivity contribution in [2.75, 3.05) is 91.5 Å². The summed E-state index contributed by atoms with van der Waals surface area (Å²) in [6, 6.07) is 19.7. The Hall–Kier alpha value is -6.91. The van der Waals surface area contributed by atoms with Crippen molar-refractivity contribution in [2.24, 2.45) is 0 Å². The number of nitrogens with one attached hydrogen (secondary N) is 5.